The second kappa shape index (κ2) is 7.42. The van der Waals surface area contributed by atoms with Crippen LogP contribution in [0.15, 0.2) is 30.3 Å². The van der Waals surface area contributed by atoms with Gasteiger partial charge in [0, 0.05) is 0 Å². The van der Waals surface area contributed by atoms with Crippen LogP contribution in [-0.2, 0) is 11.2 Å². The van der Waals surface area contributed by atoms with Gasteiger partial charge in [-0.25, -0.2) is 4.98 Å². The van der Waals surface area contributed by atoms with Crippen LogP contribution < -0.4 is 20.5 Å². The molecule has 132 valence electrons. The van der Waals surface area contributed by atoms with Gasteiger partial charge in [-0.15, -0.1) is 0 Å². The van der Waals surface area contributed by atoms with Gasteiger partial charge in [-0.3, -0.25) is 4.79 Å². The van der Waals surface area contributed by atoms with Gasteiger partial charge in [-0.2, -0.15) is 0 Å². The third kappa shape index (κ3) is 4.21. The molecule has 0 spiro atoms. The van der Waals surface area contributed by atoms with Crippen molar-refractivity contribution in [2.75, 3.05) is 12.5 Å². The molecule has 1 atom stereocenters. The largest absolute Gasteiger partial charge is 0.454 e. The Kier molecular flexibility index (Phi) is 5.07. The molecule has 0 bridgehead atoms. The maximum absolute atomic E-state index is 12.5. The minimum atomic E-state index is -0.145. The van der Waals surface area contributed by atoms with E-state index < -0.39 is 0 Å². The molecule has 0 fully saturated rings. The van der Waals surface area contributed by atoms with Crippen molar-refractivity contribution in [3.8, 4) is 11.5 Å². The number of benzene rings is 1. The second-order valence-corrected chi connectivity index (χ2v) is 6.27. The molecule has 1 aliphatic heterocycles. The van der Waals surface area contributed by atoms with Crippen molar-refractivity contribution < 1.29 is 14.3 Å². The number of carbonyl (C=O) groups excluding carboxylic acids is 1. The lowest BCUT2D eigenvalue weighted by Gasteiger charge is -2.19. The number of nitrogens with zero attached hydrogens (tertiary/aromatic N) is 1. The molecule has 0 radical (unpaired) electrons. The fraction of sp³-hybridized carbons (Fsp3) is 0.368. The van der Waals surface area contributed by atoms with E-state index in [4.69, 9.17) is 15.2 Å². The Balaban J connectivity index is 1.70. The third-order valence-electron chi connectivity index (χ3n) is 4.08. The molecule has 6 nitrogen and oxygen atoms in total. The smallest absolute Gasteiger partial charge is 0.231 e. The fourth-order valence-electron chi connectivity index (χ4n) is 2.96. The van der Waals surface area contributed by atoms with Crippen LogP contribution in [0.5, 0.6) is 11.5 Å². The zero-order valence-electron chi connectivity index (χ0n) is 14.5. The fourth-order valence-corrected chi connectivity index (χ4v) is 2.96. The number of fused-ring (bicyclic) bond motifs is 1. The van der Waals surface area contributed by atoms with Crippen LogP contribution in [0.3, 0.4) is 0 Å². The van der Waals surface area contributed by atoms with Crippen molar-refractivity contribution >= 4 is 11.7 Å². The Morgan fingerprint density at radius 2 is 2.08 bits per heavy atom. The van der Waals surface area contributed by atoms with Crippen molar-refractivity contribution in [1.29, 1.82) is 0 Å². The summed E-state index contributed by atoms with van der Waals surface area (Å²) in [7, 11) is 0. The molecular formula is C19H23N3O3. The number of nitrogen functional groups attached to an aromatic ring is 1. The quantitative estimate of drug-likeness (QED) is 0.844. The van der Waals surface area contributed by atoms with Gasteiger partial charge in [0.25, 0.3) is 0 Å². The molecule has 6 heteroatoms. The first-order valence-corrected chi connectivity index (χ1v) is 8.47. The summed E-state index contributed by atoms with van der Waals surface area (Å²) >= 11 is 0. The molecule has 1 unspecified atom stereocenters. The zero-order chi connectivity index (χ0) is 17.8. The van der Waals surface area contributed by atoms with Crippen LogP contribution in [-0.4, -0.2) is 17.7 Å². The van der Waals surface area contributed by atoms with E-state index in [1.807, 2.05) is 37.3 Å². The molecule has 1 aromatic carbocycles. The van der Waals surface area contributed by atoms with E-state index in [9.17, 15) is 4.79 Å². The molecule has 3 rings (SSSR count). The van der Waals surface area contributed by atoms with Crippen LogP contribution in [0, 0.1) is 6.92 Å². The lowest BCUT2D eigenvalue weighted by atomic mass is 10.0. The third-order valence-corrected chi connectivity index (χ3v) is 4.08. The normalized spacial score (nSPS) is 13.5. The summed E-state index contributed by atoms with van der Waals surface area (Å²) in [6, 6.07) is 9.20. The maximum atomic E-state index is 12.5. The molecule has 25 heavy (non-hydrogen) atoms. The van der Waals surface area contributed by atoms with Crippen molar-refractivity contribution in [2.45, 2.75) is 39.2 Å². The number of hydrogen-bond acceptors (Lipinski definition) is 5. The topological polar surface area (TPSA) is 86.5 Å². The molecular weight excluding hydrogens is 318 g/mol. The molecule has 2 aromatic rings. The molecule has 1 aromatic heterocycles. The second-order valence-electron chi connectivity index (χ2n) is 6.27. The monoisotopic (exact) mass is 341 g/mol. The number of aryl methyl sites for hydroxylation is 1. The number of pyridine rings is 1. The van der Waals surface area contributed by atoms with E-state index in [0.29, 0.717) is 17.3 Å². The Bertz CT molecular complexity index is 756. The van der Waals surface area contributed by atoms with Gasteiger partial charge >= 0.3 is 0 Å². The lowest BCUT2D eigenvalue weighted by Crippen LogP contribution is -2.30. The van der Waals surface area contributed by atoms with Crippen molar-refractivity contribution in [1.82, 2.24) is 10.3 Å². The molecule has 3 N–H and O–H groups in total. The van der Waals surface area contributed by atoms with E-state index in [2.05, 4.69) is 17.2 Å². The first-order valence-electron chi connectivity index (χ1n) is 8.47. The number of nitrogens with two attached hydrogens (primary N) is 1. The molecule has 0 saturated heterocycles. The summed E-state index contributed by atoms with van der Waals surface area (Å²) in [4.78, 5) is 16.9. The van der Waals surface area contributed by atoms with E-state index in [1.165, 1.54) is 0 Å². The molecule has 1 aliphatic rings. The zero-order valence-corrected chi connectivity index (χ0v) is 14.5. The van der Waals surface area contributed by atoms with E-state index >= 15 is 0 Å². The van der Waals surface area contributed by atoms with Crippen LogP contribution in [0.25, 0.3) is 0 Å². The van der Waals surface area contributed by atoms with Gasteiger partial charge in [0.2, 0.25) is 12.7 Å². The molecule has 0 aliphatic carbocycles. The summed E-state index contributed by atoms with van der Waals surface area (Å²) in [6.07, 6.45) is 2.02. The first kappa shape index (κ1) is 17.1. The number of anilines is 1. The number of aromatic nitrogens is 1. The van der Waals surface area contributed by atoms with Gasteiger partial charge in [-0.05, 0) is 48.7 Å². The van der Waals surface area contributed by atoms with Crippen molar-refractivity contribution in [3.63, 3.8) is 0 Å². The number of amides is 1. The summed E-state index contributed by atoms with van der Waals surface area (Å²) in [5.74, 6) is 1.82. The van der Waals surface area contributed by atoms with Crippen LogP contribution >= 0.6 is 0 Å². The Labute approximate surface area is 147 Å². The van der Waals surface area contributed by atoms with Gasteiger partial charge < -0.3 is 20.5 Å². The molecule has 1 amide bonds. The summed E-state index contributed by atoms with van der Waals surface area (Å²) in [6.45, 7) is 4.28. The van der Waals surface area contributed by atoms with Crippen LogP contribution in [0.1, 0.15) is 42.6 Å². The Morgan fingerprint density at radius 3 is 2.84 bits per heavy atom. The highest BCUT2D eigenvalue weighted by molar-refractivity contribution is 5.79. The van der Waals surface area contributed by atoms with E-state index in [0.717, 1.165) is 29.7 Å². The number of nitrogens with one attached hydrogen (secondary N) is 1. The summed E-state index contributed by atoms with van der Waals surface area (Å²) in [5, 5.41) is 3.08. The van der Waals surface area contributed by atoms with Gasteiger partial charge in [0.1, 0.15) is 5.82 Å². The van der Waals surface area contributed by atoms with E-state index in [-0.39, 0.29) is 25.2 Å². The highest BCUT2D eigenvalue weighted by Gasteiger charge is 2.18. The number of rotatable bonds is 6. The van der Waals surface area contributed by atoms with Crippen molar-refractivity contribution in [3.05, 3.63) is 47.2 Å². The number of hydrogen-bond donors (Lipinski definition) is 2. The molecule has 0 saturated carbocycles. The minimum Gasteiger partial charge on any atom is -0.454 e. The predicted molar refractivity (Wildman–Crippen MR) is 95.4 cm³/mol. The van der Waals surface area contributed by atoms with Crippen LogP contribution in [0.4, 0.5) is 5.82 Å². The van der Waals surface area contributed by atoms with E-state index in [1.54, 1.807) is 0 Å². The number of carbonyl (C=O) groups is 1. The predicted octanol–water partition coefficient (Wildman–Crippen LogP) is 2.90. The van der Waals surface area contributed by atoms with Crippen LogP contribution in [0.2, 0.25) is 0 Å². The van der Waals surface area contributed by atoms with Gasteiger partial charge in [0.15, 0.2) is 11.5 Å². The highest BCUT2D eigenvalue weighted by Crippen LogP contribution is 2.32. The Morgan fingerprint density at radius 1 is 1.28 bits per heavy atom. The number of ether oxygens (including phenoxy) is 2. The maximum Gasteiger partial charge on any atom is 0.231 e. The summed E-state index contributed by atoms with van der Waals surface area (Å²) < 4.78 is 10.7. The lowest BCUT2D eigenvalue weighted by molar-refractivity contribution is -0.121. The van der Waals surface area contributed by atoms with Crippen molar-refractivity contribution in [2.24, 2.45) is 0 Å². The average Bonchev–Trinajstić information content (AvgIpc) is 3.01. The standard InChI is InChI=1S/C19H23N3O3/c1-3-4-14(15-7-12(2)8-18(20)21-15)22-19(23)10-13-5-6-16-17(9-13)25-11-24-16/h5-9,14H,3-4,10-11H2,1-2H3,(H2,20,21)(H,22,23). The van der Waals surface area contributed by atoms with Gasteiger partial charge in [-0.1, -0.05) is 19.4 Å². The highest BCUT2D eigenvalue weighted by atomic mass is 16.7. The Hall–Kier alpha value is -2.76. The molecule has 2 heterocycles. The SMILES string of the molecule is CCCC(NC(=O)Cc1ccc2c(c1)OCO2)c1cc(C)cc(N)n1. The van der Waals surface area contributed by atoms with Gasteiger partial charge in [0.05, 0.1) is 18.2 Å². The average molecular weight is 341 g/mol. The summed E-state index contributed by atoms with van der Waals surface area (Å²) in [5.41, 5.74) is 8.57. The first-order chi connectivity index (χ1) is 12.0. The minimum absolute atomic E-state index is 0.0563.